The lowest BCUT2D eigenvalue weighted by atomic mass is 10.2. The largest absolute Gasteiger partial charge is 0.494 e. The number of nitrogens with one attached hydrogen (secondary N) is 1. The number of pyridine rings is 1. The van der Waals surface area contributed by atoms with Gasteiger partial charge in [0.15, 0.2) is 0 Å². The third kappa shape index (κ3) is 2.90. The lowest BCUT2D eigenvalue weighted by Crippen LogP contribution is -2.45. The predicted octanol–water partition coefficient (Wildman–Crippen LogP) is 1.58. The summed E-state index contributed by atoms with van der Waals surface area (Å²) in [5, 5.41) is 3.27. The van der Waals surface area contributed by atoms with Gasteiger partial charge in [-0.25, -0.2) is 15.4 Å². The van der Waals surface area contributed by atoms with E-state index in [1.54, 1.807) is 7.11 Å². The van der Waals surface area contributed by atoms with Crippen molar-refractivity contribution in [3.8, 4) is 5.75 Å². The van der Waals surface area contributed by atoms with Crippen molar-refractivity contribution in [3.05, 3.63) is 36.0 Å². The average molecular weight is 273 g/mol. The molecule has 0 radical (unpaired) electrons. The number of methoxy groups -OCH3 is 1. The molecule has 0 saturated carbocycles. The van der Waals surface area contributed by atoms with Crippen LogP contribution in [0, 0.1) is 0 Å². The van der Waals surface area contributed by atoms with Crippen LogP contribution in [0.2, 0.25) is 0 Å². The number of aromatic nitrogens is 1. The van der Waals surface area contributed by atoms with Gasteiger partial charge >= 0.3 is 0 Å². The van der Waals surface area contributed by atoms with Crippen molar-refractivity contribution in [3.63, 3.8) is 0 Å². The molecular formula is C15H19N3O2. The van der Waals surface area contributed by atoms with Crippen molar-refractivity contribution >= 4 is 10.9 Å². The van der Waals surface area contributed by atoms with E-state index in [2.05, 4.69) is 27.6 Å². The molecule has 1 aliphatic rings. The maximum atomic E-state index is 5.37. The van der Waals surface area contributed by atoms with Crippen molar-refractivity contribution in [2.75, 3.05) is 33.4 Å². The summed E-state index contributed by atoms with van der Waals surface area (Å²) in [7, 11) is 1.68. The number of nitrogens with zero attached hydrogens (tertiary/aromatic N) is 2. The van der Waals surface area contributed by atoms with E-state index in [1.165, 1.54) is 0 Å². The first-order valence-electron chi connectivity index (χ1n) is 6.85. The van der Waals surface area contributed by atoms with E-state index in [0.717, 1.165) is 48.6 Å². The van der Waals surface area contributed by atoms with Gasteiger partial charge in [-0.2, -0.15) is 0 Å². The highest BCUT2D eigenvalue weighted by Crippen LogP contribution is 2.23. The molecule has 1 aromatic carbocycles. The minimum Gasteiger partial charge on any atom is -0.494 e. The van der Waals surface area contributed by atoms with Crippen LogP contribution in [-0.2, 0) is 11.3 Å². The minimum atomic E-state index is 0.716. The quantitative estimate of drug-likeness (QED) is 0.916. The van der Waals surface area contributed by atoms with E-state index in [-0.39, 0.29) is 0 Å². The van der Waals surface area contributed by atoms with Crippen molar-refractivity contribution in [2.45, 2.75) is 6.54 Å². The number of ether oxygens (including phenoxy) is 2. The van der Waals surface area contributed by atoms with Crippen LogP contribution >= 0.6 is 0 Å². The first-order valence-corrected chi connectivity index (χ1v) is 6.85. The normalized spacial score (nSPS) is 16.4. The van der Waals surface area contributed by atoms with Gasteiger partial charge in [0.05, 0.1) is 32.6 Å². The second-order valence-corrected chi connectivity index (χ2v) is 4.77. The monoisotopic (exact) mass is 273 g/mol. The molecule has 0 amide bonds. The number of benzene rings is 1. The predicted molar refractivity (Wildman–Crippen MR) is 77.5 cm³/mol. The van der Waals surface area contributed by atoms with Gasteiger partial charge in [-0.1, -0.05) is 18.2 Å². The zero-order valence-electron chi connectivity index (χ0n) is 11.6. The van der Waals surface area contributed by atoms with Crippen LogP contribution < -0.4 is 10.2 Å². The highest BCUT2D eigenvalue weighted by atomic mass is 16.5. The number of para-hydroxylation sites is 1. The van der Waals surface area contributed by atoms with Gasteiger partial charge in [0.1, 0.15) is 11.3 Å². The van der Waals surface area contributed by atoms with Gasteiger partial charge in [0, 0.05) is 18.5 Å². The van der Waals surface area contributed by atoms with Crippen molar-refractivity contribution in [1.29, 1.82) is 0 Å². The van der Waals surface area contributed by atoms with E-state index in [0.29, 0.717) is 6.54 Å². The SMILES string of the molecule is COc1cccc2ccc(CNN3CCOCC3)nc12. The summed E-state index contributed by atoms with van der Waals surface area (Å²) in [4.78, 5) is 4.68. The fourth-order valence-corrected chi connectivity index (χ4v) is 2.34. The molecule has 106 valence electrons. The average Bonchev–Trinajstić information content (AvgIpc) is 2.53. The Labute approximate surface area is 118 Å². The minimum absolute atomic E-state index is 0.716. The third-order valence-corrected chi connectivity index (χ3v) is 3.46. The lowest BCUT2D eigenvalue weighted by molar-refractivity contribution is 0.0104. The van der Waals surface area contributed by atoms with E-state index in [4.69, 9.17) is 9.47 Å². The molecule has 0 bridgehead atoms. The molecule has 1 saturated heterocycles. The van der Waals surface area contributed by atoms with Gasteiger partial charge in [0.2, 0.25) is 0 Å². The second kappa shape index (κ2) is 6.17. The highest BCUT2D eigenvalue weighted by molar-refractivity contribution is 5.84. The zero-order chi connectivity index (χ0) is 13.8. The summed E-state index contributed by atoms with van der Waals surface area (Å²) in [5.41, 5.74) is 5.31. The molecule has 2 heterocycles. The third-order valence-electron chi connectivity index (χ3n) is 3.46. The number of morpholine rings is 1. The summed E-state index contributed by atoms with van der Waals surface area (Å²) in [6.07, 6.45) is 0. The number of fused-ring (bicyclic) bond motifs is 1. The number of hydrogen-bond acceptors (Lipinski definition) is 5. The molecule has 0 atom stereocenters. The second-order valence-electron chi connectivity index (χ2n) is 4.77. The summed E-state index contributed by atoms with van der Waals surface area (Å²) in [6, 6.07) is 10.1. The molecule has 1 aromatic heterocycles. The molecular weight excluding hydrogens is 254 g/mol. The molecule has 1 N–H and O–H groups in total. The van der Waals surface area contributed by atoms with E-state index in [9.17, 15) is 0 Å². The topological polar surface area (TPSA) is 46.6 Å². The maximum Gasteiger partial charge on any atom is 0.145 e. The zero-order valence-corrected chi connectivity index (χ0v) is 11.6. The van der Waals surface area contributed by atoms with Crippen LogP contribution in [0.25, 0.3) is 10.9 Å². The molecule has 20 heavy (non-hydrogen) atoms. The van der Waals surface area contributed by atoms with E-state index < -0.39 is 0 Å². The van der Waals surface area contributed by atoms with Crippen LogP contribution in [0.5, 0.6) is 5.75 Å². The summed E-state index contributed by atoms with van der Waals surface area (Å²) >= 11 is 0. The Morgan fingerprint density at radius 1 is 1.25 bits per heavy atom. The molecule has 5 heteroatoms. The molecule has 2 aromatic rings. The smallest absolute Gasteiger partial charge is 0.145 e. The number of hydrogen-bond donors (Lipinski definition) is 1. The van der Waals surface area contributed by atoms with Crippen LogP contribution in [0.15, 0.2) is 30.3 Å². The van der Waals surface area contributed by atoms with E-state index in [1.807, 2.05) is 18.2 Å². The number of rotatable bonds is 4. The molecule has 1 fully saturated rings. The van der Waals surface area contributed by atoms with Crippen molar-refractivity contribution < 1.29 is 9.47 Å². The summed E-state index contributed by atoms with van der Waals surface area (Å²) in [5.74, 6) is 0.815. The Kier molecular flexibility index (Phi) is 4.11. The van der Waals surface area contributed by atoms with Gasteiger partial charge in [-0.05, 0) is 12.1 Å². The van der Waals surface area contributed by atoms with Crippen LogP contribution in [0.1, 0.15) is 5.69 Å². The fourth-order valence-electron chi connectivity index (χ4n) is 2.34. The molecule has 1 aliphatic heterocycles. The molecule has 5 nitrogen and oxygen atoms in total. The summed E-state index contributed by atoms with van der Waals surface area (Å²) < 4.78 is 10.7. The van der Waals surface area contributed by atoms with Gasteiger partial charge in [-0.15, -0.1) is 0 Å². The standard InChI is InChI=1S/C15H19N3O2/c1-19-14-4-2-3-12-5-6-13(17-15(12)14)11-16-18-7-9-20-10-8-18/h2-6,16H,7-11H2,1H3. The van der Waals surface area contributed by atoms with Crippen LogP contribution in [0.4, 0.5) is 0 Å². The Morgan fingerprint density at radius 2 is 2.10 bits per heavy atom. The molecule has 3 rings (SSSR count). The maximum absolute atomic E-state index is 5.37. The Bertz CT molecular complexity index is 582. The molecule has 0 unspecified atom stereocenters. The first kappa shape index (κ1) is 13.3. The lowest BCUT2D eigenvalue weighted by Gasteiger charge is -2.27. The van der Waals surface area contributed by atoms with Gasteiger partial charge in [-0.3, -0.25) is 0 Å². The first-order chi connectivity index (χ1) is 9.86. The fraction of sp³-hybridized carbons (Fsp3) is 0.400. The summed E-state index contributed by atoms with van der Waals surface area (Å²) in [6.45, 7) is 4.11. The van der Waals surface area contributed by atoms with E-state index >= 15 is 0 Å². The Morgan fingerprint density at radius 3 is 2.90 bits per heavy atom. The highest BCUT2D eigenvalue weighted by Gasteiger charge is 2.10. The Balaban J connectivity index is 1.74. The molecule has 0 spiro atoms. The van der Waals surface area contributed by atoms with Crippen molar-refractivity contribution in [2.24, 2.45) is 0 Å². The van der Waals surface area contributed by atoms with Gasteiger partial charge in [0.25, 0.3) is 0 Å². The number of hydrazine groups is 1. The van der Waals surface area contributed by atoms with Crippen molar-refractivity contribution in [1.82, 2.24) is 15.4 Å². The van der Waals surface area contributed by atoms with Crippen LogP contribution in [-0.4, -0.2) is 43.4 Å². The van der Waals surface area contributed by atoms with Crippen LogP contribution in [0.3, 0.4) is 0 Å². The Hall–Kier alpha value is -1.69. The molecule has 0 aliphatic carbocycles. The van der Waals surface area contributed by atoms with Gasteiger partial charge < -0.3 is 9.47 Å².